The van der Waals surface area contributed by atoms with Gasteiger partial charge in [-0.3, -0.25) is 4.98 Å². The highest BCUT2D eigenvalue weighted by atomic mass is 79.9. The van der Waals surface area contributed by atoms with Gasteiger partial charge in [0.25, 0.3) is 0 Å². The summed E-state index contributed by atoms with van der Waals surface area (Å²) in [5.41, 5.74) is 0.221. The highest BCUT2D eigenvalue weighted by molar-refractivity contribution is 9.10. The number of aliphatic hydroxyl groups is 1. The van der Waals surface area contributed by atoms with Gasteiger partial charge < -0.3 is 5.11 Å². The van der Waals surface area contributed by atoms with Crippen molar-refractivity contribution in [1.29, 1.82) is 0 Å². The zero-order valence-corrected chi connectivity index (χ0v) is 10.8. The molecule has 2 rings (SSSR count). The summed E-state index contributed by atoms with van der Waals surface area (Å²) >= 11 is 3.44. The molecule has 0 saturated heterocycles. The van der Waals surface area contributed by atoms with Crippen molar-refractivity contribution in [3.05, 3.63) is 77.0 Å². The number of hydrogen-bond donors (Lipinski definition) is 1. The van der Waals surface area contributed by atoms with Gasteiger partial charge in [-0.1, -0.05) is 52.9 Å². The van der Waals surface area contributed by atoms with Crippen molar-refractivity contribution >= 4 is 15.9 Å². The Bertz CT molecular complexity index is 527. The molecule has 0 unspecified atom stereocenters. The third-order valence-corrected chi connectivity index (χ3v) is 3.37. The predicted molar refractivity (Wildman–Crippen MR) is 71.6 cm³/mol. The summed E-state index contributed by atoms with van der Waals surface area (Å²) in [4.78, 5) is 4.03. The van der Waals surface area contributed by atoms with Gasteiger partial charge in [0.05, 0.1) is 0 Å². The van der Waals surface area contributed by atoms with E-state index in [1.165, 1.54) is 6.08 Å². The molecule has 2 nitrogen and oxygen atoms in total. The van der Waals surface area contributed by atoms with E-state index in [1.54, 1.807) is 18.5 Å². The number of hydrogen-bond acceptors (Lipinski definition) is 2. The lowest BCUT2D eigenvalue weighted by Crippen LogP contribution is -2.24. The van der Waals surface area contributed by atoms with E-state index in [2.05, 4.69) is 27.5 Å². The summed E-state index contributed by atoms with van der Waals surface area (Å²) in [6.07, 6.45) is 4.83. The number of nitrogens with zero attached hydrogens (tertiary/aromatic N) is 1. The molecule has 17 heavy (non-hydrogen) atoms. The zero-order chi connectivity index (χ0) is 12.3. The first-order valence-corrected chi connectivity index (χ1v) is 5.99. The molecular formula is C14H12BrNO. The second-order valence-electron chi connectivity index (χ2n) is 3.69. The zero-order valence-electron chi connectivity index (χ0n) is 9.18. The summed E-state index contributed by atoms with van der Waals surface area (Å²) in [7, 11) is 0. The lowest BCUT2D eigenvalue weighted by atomic mass is 9.87. The smallest absolute Gasteiger partial charge is 0.135 e. The number of aromatic nitrogens is 1. The van der Waals surface area contributed by atoms with Gasteiger partial charge in [0.1, 0.15) is 5.60 Å². The van der Waals surface area contributed by atoms with E-state index in [9.17, 15) is 5.11 Å². The Hall–Kier alpha value is -1.45. The van der Waals surface area contributed by atoms with Crippen molar-refractivity contribution in [1.82, 2.24) is 4.98 Å². The Labute approximate surface area is 109 Å². The molecule has 0 aliphatic carbocycles. The second kappa shape index (κ2) is 4.82. The van der Waals surface area contributed by atoms with Crippen LogP contribution in [0, 0.1) is 0 Å². The van der Waals surface area contributed by atoms with Crippen LogP contribution in [0.1, 0.15) is 11.1 Å². The molecule has 1 atom stereocenters. The molecule has 1 heterocycles. The topological polar surface area (TPSA) is 33.1 Å². The minimum absolute atomic E-state index is 0.696. The molecule has 2 aromatic rings. The molecule has 0 saturated carbocycles. The molecule has 3 heteroatoms. The maximum atomic E-state index is 10.8. The maximum Gasteiger partial charge on any atom is 0.135 e. The molecule has 0 amide bonds. The molecule has 0 bridgehead atoms. The SMILES string of the molecule is C=C[C@@](O)(c1cccnc1)c1ccccc1Br. The maximum absolute atomic E-state index is 10.8. The van der Waals surface area contributed by atoms with E-state index in [0.29, 0.717) is 5.56 Å². The number of halogens is 1. The van der Waals surface area contributed by atoms with Crippen LogP contribution in [-0.4, -0.2) is 10.1 Å². The fourth-order valence-electron chi connectivity index (χ4n) is 1.74. The summed E-state index contributed by atoms with van der Waals surface area (Å²) in [5.74, 6) is 0. The van der Waals surface area contributed by atoms with E-state index >= 15 is 0 Å². The fourth-order valence-corrected chi connectivity index (χ4v) is 2.33. The van der Waals surface area contributed by atoms with Crippen molar-refractivity contribution < 1.29 is 5.11 Å². The number of pyridine rings is 1. The van der Waals surface area contributed by atoms with Gasteiger partial charge in [-0.05, 0) is 12.1 Å². The first-order valence-electron chi connectivity index (χ1n) is 5.20. The van der Waals surface area contributed by atoms with E-state index in [4.69, 9.17) is 0 Å². The first kappa shape index (κ1) is 12.0. The van der Waals surface area contributed by atoms with Gasteiger partial charge in [-0.25, -0.2) is 0 Å². The van der Waals surface area contributed by atoms with Gasteiger partial charge in [0.15, 0.2) is 0 Å². The van der Waals surface area contributed by atoms with Crippen molar-refractivity contribution in [2.24, 2.45) is 0 Å². The van der Waals surface area contributed by atoms with Crippen LogP contribution >= 0.6 is 15.9 Å². The normalized spacial score (nSPS) is 14.0. The van der Waals surface area contributed by atoms with Crippen molar-refractivity contribution in [2.75, 3.05) is 0 Å². The van der Waals surface area contributed by atoms with E-state index < -0.39 is 5.60 Å². The van der Waals surface area contributed by atoms with Crippen LogP contribution in [-0.2, 0) is 5.60 Å². The summed E-state index contributed by atoms with van der Waals surface area (Å²) in [5, 5.41) is 10.8. The van der Waals surface area contributed by atoms with Crippen LogP contribution in [0.4, 0.5) is 0 Å². The Balaban J connectivity index is 2.60. The van der Waals surface area contributed by atoms with E-state index in [1.807, 2.05) is 30.3 Å². The molecule has 0 aliphatic heterocycles. The van der Waals surface area contributed by atoms with Crippen molar-refractivity contribution in [2.45, 2.75) is 5.60 Å². The third kappa shape index (κ3) is 2.16. The van der Waals surface area contributed by atoms with Crippen LogP contribution in [0.3, 0.4) is 0 Å². The van der Waals surface area contributed by atoms with Gasteiger partial charge in [0.2, 0.25) is 0 Å². The number of benzene rings is 1. The van der Waals surface area contributed by atoms with E-state index in [-0.39, 0.29) is 0 Å². The van der Waals surface area contributed by atoms with Gasteiger partial charge in [-0.2, -0.15) is 0 Å². The molecular weight excluding hydrogens is 278 g/mol. The second-order valence-corrected chi connectivity index (χ2v) is 4.55. The molecule has 0 aliphatic rings. The van der Waals surface area contributed by atoms with Crippen LogP contribution < -0.4 is 0 Å². The molecule has 86 valence electrons. The molecule has 1 aromatic heterocycles. The minimum Gasteiger partial charge on any atom is -0.377 e. The highest BCUT2D eigenvalue weighted by Gasteiger charge is 2.29. The van der Waals surface area contributed by atoms with Crippen LogP contribution in [0.25, 0.3) is 0 Å². The molecule has 0 spiro atoms. The van der Waals surface area contributed by atoms with Crippen LogP contribution in [0.2, 0.25) is 0 Å². The average molecular weight is 290 g/mol. The standard InChI is InChI=1S/C14H12BrNO/c1-2-14(17,11-6-5-9-16-10-11)12-7-3-4-8-13(12)15/h2-10,17H,1H2/t14-/m1/s1. The molecule has 0 fully saturated rings. The van der Waals surface area contributed by atoms with Crippen molar-refractivity contribution in [3.8, 4) is 0 Å². The Morgan fingerprint density at radius 2 is 2.00 bits per heavy atom. The lowest BCUT2D eigenvalue weighted by Gasteiger charge is -2.26. The van der Waals surface area contributed by atoms with E-state index in [0.717, 1.165) is 10.0 Å². The average Bonchev–Trinajstić information content (AvgIpc) is 2.39. The largest absolute Gasteiger partial charge is 0.377 e. The lowest BCUT2D eigenvalue weighted by molar-refractivity contribution is 0.134. The highest BCUT2D eigenvalue weighted by Crippen LogP contribution is 2.34. The van der Waals surface area contributed by atoms with Crippen LogP contribution in [0.15, 0.2) is 65.9 Å². The Kier molecular flexibility index (Phi) is 3.41. The fraction of sp³-hybridized carbons (Fsp3) is 0.0714. The van der Waals surface area contributed by atoms with Gasteiger partial charge in [0, 0.05) is 28.0 Å². The number of rotatable bonds is 3. The van der Waals surface area contributed by atoms with Crippen LogP contribution in [0.5, 0.6) is 0 Å². The summed E-state index contributed by atoms with van der Waals surface area (Å²) < 4.78 is 0.839. The predicted octanol–water partition coefficient (Wildman–Crippen LogP) is 3.27. The third-order valence-electron chi connectivity index (χ3n) is 2.68. The summed E-state index contributed by atoms with van der Waals surface area (Å²) in [6.45, 7) is 3.73. The molecule has 1 aromatic carbocycles. The summed E-state index contributed by atoms with van der Waals surface area (Å²) in [6, 6.07) is 11.2. The van der Waals surface area contributed by atoms with Crippen molar-refractivity contribution in [3.63, 3.8) is 0 Å². The Morgan fingerprint density at radius 3 is 2.59 bits per heavy atom. The first-order chi connectivity index (χ1) is 8.18. The minimum atomic E-state index is -1.23. The van der Waals surface area contributed by atoms with Gasteiger partial charge >= 0.3 is 0 Å². The molecule has 0 radical (unpaired) electrons. The quantitative estimate of drug-likeness (QED) is 0.880. The Morgan fingerprint density at radius 1 is 1.24 bits per heavy atom. The van der Waals surface area contributed by atoms with Gasteiger partial charge in [-0.15, -0.1) is 0 Å². The molecule has 1 N–H and O–H groups in total. The monoisotopic (exact) mass is 289 g/mol.